The molecule has 2 amide bonds. The fourth-order valence-electron chi connectivity index (χ4n) is 4.08. The molecule has 0 bridgehead atoms. The number of rotatable bonds is 10. The average Bonchev–Trinajstić information content (AvgIpc) is 3.31. The second-order valence-electron chi connectivity index (χ2n) is 8.03. The molecule has 1 heterocycles. The highest BCUT2D eigenvalue weighted by atomic mass is 35.5. The monoisotopic (exact) mass is 506 g/mol. The molecule has 3 N–H and O–H groups in total. The molecule has 1 aromatic carbocycles. The van der Waals surface area contributed by atoms with Crippen molar-refractivity contribution >= 4 is 58.4 Å². The molecular weight excluding hydrogens is 480 g/mol. The molecule has 33 heavy (non-hydrogen) atoms. The van der Waals surface area contributed by atoms with E-state index in [2.05, 4.69) is 15.3 Å². The Labute approximate surface area is 207 Å². The molecule has 1 saturated carbocycles. The Morgan fingerprint density at radius 3 is 2.61 bits per heavy atom. The van der Waals surface area contributed by atoms with Gasteiger partial charge in [-0.3, -0.25) is 14.6 Å². The normalized spacial score (nSPS) is 15.7. The number of benzene rings is 1. The van der Waals surface area contributed by atoms with Crippen molar-refractivity contribution in [3.05, 3.63) is 46.9 Å². The van der Waals surface area contributed by atoms with Gasteiger partial charge in [-0.2, -0.15) is 0 Å². The molecule has 1 fully saturated rings. The van der Waals surface area contributed by atoms with Gasteiger partial charge in [0.25, 0.3) is 5.24 Å². The SMILES string of the molecule is CSc1ccc(C(CC2CCCC2)C(=O)Nc2cnc(CC(C=O)SC(N)=O)cn2)cc1Cl. The third-order valence-electron chi connectivity index (χ3n) is 5.72. The Morgan fingerprint density at radius 2 is 2.03 bits per heavy atom. The first-order valence-corrected chi connectivity index (χ1v) is 13.2. The Kier molecular flexibility index (Phi) is 9.58. The zero-order chi connectivity index (χ0) is 23.8. The van der Waals surface area contributed by atoms with E-state index in [1.807, 2.05) is 24.5 Å². The molecule has 2 atom stereocenters. The Balaban J connectivity index is 1.72. The van der Waals surface area contributed by atoms with E-state index in [1.54, 1.807) is 11.8 Å². The largest absolute Gasteiger partial charge is 0.360 e. The second-order valence-corrected chi connectivity index (χ2v) is 10.5. The summed E-state index contributed by atoms with van der Waals surface area (Å²) < 4.78 is 0. The summed E-state index contributed by atoms with van der Waals surface area (Å²) in [5.41, 5.74) is 6.55. The number of primary amides is 1. The van der Waals surface area contributed by atoms with Crippen molar-refractivity contribution in [2.24, 2.45) is 11.7 Å². The highest BCUT2D eigenvalue weighted by molar-refractivity contribution is 8.14. The minimum Gasteiger partial charge on any atom is -0.360 e. The Bertz CT molecular complexity index is 984. The molecule has 10 heteroatoms. The van der Waals surface area contributed by atoms with Crippen LogP contribution in [0.15, 0.2) is 35.5 Å². The summed E-state index contributed by atoms with van der Waals surface area (Å²) in [7, 11) is 0. The molecule has 1 aliphatic carbocycles. The van der Waals surface area contributed by atoms with Crippen LogP contribution in [0.25, 0.3) is 0 Å². The van der Waals surface area contributed by atoms with Gasteiger partial charge < -0.3 is 15.8 Å². The van der Waals surface area contributed by atoms with Crippen LogP contribution in [-0.4, -0.2) is 38.9 Å². The average molecular weight is 507 g/mol. The van der Waals surface area contributed by atoms with E-state index in [1.165, 1.54) is 25.2 Å². The summed E-state index contributed by atoms with van der Waals surface area (Å²) in [4.78, 5) is 44.9. The molecule has 0 spiro atoms. The minimum atomic E-state index is -0.623. The summed E-state index contributed by atoms with van der Waals surface area (Å²) in [5.74, 6) is 0.356. The maximum absolute atomic E-state index is 13.3. The standard InChI is InChI=1S/C23H27ClN4O3S2/c1-32-20-7-6-15(9-19(20)24)18(8-14-4-2-3-5-14)22(30)28-21-12-26-16(11-27-21)10-17(13-29)33-23(25)31/h6-7,9,11-14,17-18H,2-5,8,10H2,1H3,(H2,25,31)(H,27,28,30). The predicted octanol–water partition coefficient (Wildman–Crippen LogP) is 5.08. The first kappa shape index (κ1) is 25.5. The van der Waals surface area contributed by atoms with Gasteiger partial charge >= 0.3 is 0 Å². The number of nitrogens with two attached hydrogens (primary N) is 1. The van der Waals surface area contributed by atoms with Crippen LogP contribution in [0.1, 0.15) is 49.3 Å². The highest BCUT2D eigenvalue weighted by Crippen LogP contribution is 2.37. The van der Waals surface area contributed by atoms with Crippen LogP contribution >= 0.6 is 35.1 Å². The van der Waals surface area contributed by atoms with Gasteiger partial charge in [-0.25, -0.2) is 4.98 Å². The molecule has 7 nitrogen and oxygen atoms in total. The number of thioether (sulfide) groups is 2. The van der Waals surface area contributed by atoms with Gasteiger partial charge in [0.1, 0.15) is 6.29 Å². The quantitative estimate of drug-likeness (QED) is 0.341. The van der Waals surface area contributed by atoms with Gasteiger partial charge in [0, 0.05) is 11.3 Å². The van der Waals surface area contributed by atoms with Gasteiger partial charge in [-0.05, 0) is 36.3 Å². The van der Waals surface area contributed by atoms with Crippen LogP contribution in [0.5, 0.6) is 0 Å². The van der Waals surface area contributed by atoms with Crippen molar-refractivity contribution in [3.63, 3.8) is 0 Å². The summed E-state index contributed by atoms with van der Waals surface area (Å²) in [5, 5.41) is 2.28. The lowest BCUT2D eigenvalue weighted by Gasteiger charge is -2.21. The molecular formula is C23H27ClN4O3S2. The highest BCUT2D eigenvalue weighted by Gasteiger charge is 2.27. The van der Waals surface area contributed by atoms with E-state index in [4.69, 9.17) is 17.3 Å². The van der Waals surface area contributed by atoms with Crippen LogP contribution in [0.4, 0.5) is 10.6 Å². The van der Waals surface area contributed by atoms with Crippen LogP contribution in [-0.2, 0) is 16.0 Å². The third-order valence-corrected chi connectivity index (χ3v) is 7.76. The molecule has 0 aliphatic heterocycles. The van der Waals surface area contributed by atoms with Crippen molar-refractivity contribution < 1.29 is 14.4 Å². The first-order valence-electron chi connectivity index (χ1n) is 10.8. The smallest absolute Gasteiger partial charge is 0.277 e. The van der Waals surface area contributed by atoms with Gasteiger partial charge in [-0.15, -0.1) is 11.8 Å². The molecule has 2 unspecified atom stereocenters. The number of nitrogens with zero attached hydrogens (tertiary/aromatic N) is 2. The van der Waals surface area contributed by atoms with Crippen molar-refractivity contribution in [1.29, 1.82) is 0 Å². The number of aldehydes is 1. The maximum Gasteiger partial charge on any atom is 0.277 e. The maximum atomic E-state index is 13.3. The number of amides is 2. The van der Waals surface area contributed by atoms with Crippen LogP contribution < -0.4 is 11.1 Å². The Hall–Kier alpha value is -2.10. The number of hydrogen-bond donors (Lipinski definition) is 2. The van der Waals surface area contributed by atoms with Gasteiger partial charge in [0.2, 0.25) is 5.91 Å². The zero-order valence-corrected chi connectivity index (χ0v) is 20.7. The predicted molar refractivity (Wildman–Crippen MR) is 134 cm³/mol. The van der Waals surface area contributed by atoms with Gasteiger partial charge in [-0.1, -0.05) is 55.1 Å². The van der Waals surface area contributed by atoms with Crippen LogP contribution in [0.2, 0.25) is 5.02 Å². The minimum absolute atomic E-state index is 0.146. The van der Waals surface area contributed by atoms with E-state index < -0.39 is 10.5 Å². The molecule has 3 rings (SSSR count). The summed E-state index contributed by atoms with van der Waals surface area (Å²) in [6.07, 6.45) is 11.2. The molecule has 2 aromatic rings. The number of aromatic nitrogens is 2. The molecule has 1 aromatic heterocycles. The first-order chi connectivity index (χ1) is 15.9. The van der Waals surface area contributed by atoms with Crippen molar-refractivity contribution in [2.45, 2.75) is 54.6 Å². The van der Waals surface area contributed by atoms with Crippen molar-refractivity contribution in [3.8, 4) is 0 Å². The van der Waals surface area contributed by atoms with Crippen molar-refractivity contribution in [1.82, 2.24) is 9.97 Å². The number of carbonyl (C=O) groups excluding carboxylic acids is 3. The fourth-order valence-corrected chi connectivity index (χ4v) is 5.57. The lowest BCUT2D eigenvalue weighted by molar-refractivity contribution is -0.118. The van der Waals surface area contributed by atoms with E-state index in [0.29, 0.717) is 28.7 Å². The topological polar surface area (TPSA) is 115 Å². The third kappa shape index (κ3) is 7.45. The number of nitrogens with one attached hydrogen (secondary N) is 1. The van der Waals surface area contributed by atoms with E-state index in [0.717, 1.165) is 41.5 Å². The Morgan fingerprint density at radius 1 is 1.27 bits per heavy atom. The summed E-state index contributed by atoms with van der Waals surface area (Å²) in [6, 6.07) is 5.82. The second kappa shape index (κ2) is 12.4. The zero-order valence-electron chi connectivity index (χ0n) is 18.3. The number of hydrogen-bond acceptors (Lipinski definition) is 7. The summed E-state index contributed by atoms with van der Waals surface area (Å²) in [6.45, 7) is 0. The van der Waals surface area contributed by atoms with Crippen LogP contribution in [0.3, 0.4) is 0 Å². The number of carbonyl (C=O) groups is 3. The van der Waals surface area contributed by atoms with E-state index >= 15 is 0 Å². The molecule has 0 saturated heterocycles. The van der Waals surface area contributed by atoms with E-state index in [-0.39, 0.29) is 18.2 Å². The van der Waals surface area contributed by atoms with Gasteiger partial charge in [0.15, 0.2) is 5.82 Å². The number of halogens is 1. The summed E-state index contributed by atoms with van der Waals surface area (Å²) >= 11 is 8.75. The number of anilines is 1. The molecule has 176 valence electrons. The molecule has 0 radical (unpaired) electrons. The van der Waals surface area contributed by atoms with Gasteiger partial charge in [0.05, 0.1) is 34.3 Å². The lowest BCUT2D eigenvalue weighted by Crippen LogP contribution is -2.24. The lowest BCUT2D eigenvalue weighted by atomic mass is 9.87. The van der Waals surface area contributed by atoms with Crippen molar-refractivity contribution in [2.75, 3.05) is 11.6 Å². The molecule has 1 aliphatic rings. The fraction of sp³-hybridized carbons (Fsp3) is 0.435. The van der Waals surface area contributed by atoms with E-state index in [9.17, 15) is 14.4 Å². The van der Waals surface area contributed by atoms with Crippen LogP contribution in [0, 0.1) is 5.92 Å².